The van der Waals surface area contributed by atoms with Crippen LogP contribution in [0.15, 0.2) is 66.7 Å². The minimum absolute atomic E-state index is 0.666. The van der Waals surface area contributed by atoms with E-state index in [-0.39, 0.29) is 0 Å². The first kappa shape index (κ1) is 19.3. The SMILES string of the molecule is OC1(c2ccccc2)CCN(c2ccc3nc(-c4n[nH]c5ccc(Cl)cc45)[nH]c3c2)CC1. The van der Waals surface area contributed by atoms with Gasteiger partial charge in [0.2, 0.25) is 0 Å². The molecule has 1 aliphatic heterocycles. The second-order valence-corrected chi connectivity index (χ2v) is 8.87. The second kappa shape index (κ2) is 7.36. The molecule has 1 fully saturated rings. The van der Waals surface area contributed by atoms with E-state index in [1.54, 1.807) is 0 Å². The predicted octanol–water partition coefficient (Wildman–Crippen LogP) is 5.25. The van der Waals surface area contributed by atoms with Crippen LogP contribution in [0.4, 0.5) is 5.69 Å². The quantitative estimate of drug-likeness (QED) is 0.356. The lowest BCUT2D eigenvalue weighted by Gasteiger charge is -2.39. The third kappa shape index (κ3) is 3.23. The third-order valence-electron chi connectivity index (χ3n) is 6.48. The third-order valence-corrected chi connectivity index (χ3v) is 6.72. The van der Waals surface area contributed by atoms with Crippen LogP contribution in [0.2, 0.25) is 5.02 Å². The molecule has 0 aliphatic carbocycles. The molecule has 6 nitrogen and oxygen atoms in total. The number of anilines is 1. The molecule has 0 unspecified atom stereocenters. The van der Waals surface area contributed by atoms with Crippen molar-refractivity contribution in [2.24, 2.45) is 0 Å². The first-order chi connectivity index (χ1) is 15.6. The Kier molecular flexibility index (Phi) is 4.45. The van der Waals surface area contributed by atoms with Crippen molar-refractivity contribution in [1.82, 2.24) is 20.2 Å². The summed E-state index contributed by atoms with van der Waals surface area (Å²) in [5, 5.41) is 20.2. The molecule has 32 heavy (non-hydrogen) atoms. The Hall–Kier alpha value is -3.35. The molecule has 3 aromatic carbocycles. The van der Waals surface area contributed by atoms with Crippen LogP contribution in [0.3, 0.4) is 0 Å². The summed E-state index contributed by atoms with van der Waals surface area (Å²) in [7, 11) is 0. The van der Waals surface area contributed by atoms with Crippen LogP contribution in [0, 0.1) is 0 Å². The van der Waals surface area contributed by atoms with Gasteiger partial charge >= 0.3 is 0 Å². The van der Waals surface area contributed by atoms with Crippen LogP contribution in [0.1, 0.15) is 18.4 Å². The maximum atomic E-state index is 11.1. The molecule has 160 valence electrons. The molecule has 0 radical (unpaired) electrons. The number of imidazole rings is 1. The molecule has 7 heteroatoms. The largest absolute Gasteiger partial charge is 0.385 e. The Morgan fingerprint density at radius 1 is 0.938 bits per heavy atom. The Bertz CT molecular complexity index is 1420. The van der Waals surface area contributed by atoms with Crippen molar-refractivity contribution in [3.63, 3.8) is 0 Å². The molecular formula is C25H22ClN5O. The van der Waals surface area contributed by atoms with E-state index in [2.05, 4.69) is 32.2 Å². The van der Waals surface area contributed by atoms with Gasteiger partial charge < -0.3 is 15.0 Å². The minimum atomic E-state index is -0.759. The van der Waals surface area contributed by atoms with Crippen molar-refractivity contribution in [1.29, 1.82) is 0 Å². The highest BCUT2D eigenvalue weighted by Gasteiger charge is 2.34. The Morgan fingerprint density at radius 2 is 1.75 bits per heavy atom. The van der Waals surface area contributed by atoms with Crippen LogP contribution in [0.5, 0.6) is 0 Å². The number of benzene rings is 3. The number of hydrogen-bond donors (Lipinski definition) is 3. The highest BCUT2D eigenvalue weighted by atomic mass is 35.5. The number of nitrogens with one attached hydrogen (secondary N) is 2. The van der Waals surface area contributed by atoms with Crippen molar-refractivity contribution >= 4 is 39.2 Å². The summed E-state index contributed by atoms with van der Waals surface area (Å²) < 4.78 is 0. The van der Waals surface area contributed by atoms with Gasteiger partial charge in [-0.25, -0.2) is 4.98 Å². The molecule has 1 aliphatic rings. The molecule has 3 N–H and O–H groups in total. The average molecular weight is 444 g/mol. The monoisotopic (exact) mass is 443 g/mol. The zero-order valence-electron chi connectivity index (χ0n) is 17.3. The summed E-state index contributed by atoms with van der Waals surface area (Å²) in [5.41, 5.74) is 4.89. The fourth-order valence-electron chi connectivity index (χ4n) is 4.65. The van der Waals surface area contributed by atoms with Crippen LogP contribution >= 0.6 is 11.6 Å². The van der Waals surface area contributed by atoms with Crippen LogP contribution < -0.4 is 4.90 Å². The number of halogens is 1. The van der Waals surface area contributed by atoms with E-state index in [4.69, 9.17) is 16.6 Å². The number of rotatable bonds is 3. The van der Waals surface area contributed by atoms with Crippen LogP contribution in [-0.2, 0) is 5.60 Å². The van der Waals surface area contributed by atoms with E-state index < -0.39 is 5.60 Å². The van der Waals surface area contributed by atoms with Gasteiger partial charge in [-0.15, -0.1) is 0 Å². The lowest BCUT2D eigenvalue weighted by Crippen LogP contribution is -2.42. The smallest absolute Gasteiger partial charge is 0.159 e. The van der Waals surface area contributed by atoms with Gasteiger partial charge in [0, 0.05) is 29.2 Å². The van der Waals surface area contributed by atoms with Gasteiger partial charge in [0.15, 0.2) is 5.82 Å². The van der Waals surface area contributed by atoms with Gasteiger partial charge in [0.05, 0.1) is 22.2 Å². The Balaban J connectivity index is 1.28. The zero-order valence-corrected chi connectivity index (χ0v) is 18.1. The second-order valence-electron chi connectivity index (χ2n) is 8.43. The van der Waals surface area contributed by atoms with E-state index >= 15 is 0 Å². The summed E-state index contributed by atoms with van der Waals surface area (Å²) in [6.07, 6.45) is 1.40. The van der Waals surface area contributed by atoms with Gasteiger partial charge in [-0.1, -0.05) is 41.9 Å². The highest BCUT2D eigenvalue weighted by Crippen LogP contribution is 2.35. The Morgan fingerprint density at radius 3 is 2.56 bits per heavy atom. The number of piperidine rings is 1. The van der Waals surface area contributed by atoms with E-state index in [9.17, 15) is 5.11 Å². The van der Waals surface area contributed by atoms with Gasteiger partial charge in [0.25, 0.3) is 0 Å². The first-order valence-electron chi connectivity index (χ1n) is 10.8. The molecule has 3 heterocycles. The van der Waals surface area contributed by atoms with E-state index in [1.165, 1.54) is 0 Å². The molecule has 1 saturated heterocycles. The van der Waals surface area contributed by atoms with Gasteiger partial charge in [-0.2, -0.15) is 5.10 Å². The zero-order chi connectivity index (χ0) is 21.7. The van der Waals surface area contributed by atoms with Crippen molar-refractivity contribution in [2.75, 3.05) is 18.0 Å². The Labute approximate surface area is 189 Å². The standard InChI is InChI=1S/C25H22ClN5O/c26-17-6-8-20-19(14-17)23(30-29-20)24-27-21-9-7-18(15-22(21)28-24)31-12-10-25(32,11-13-31)16-4-2-1-3-5-16/h1-9,14-15,32H,10-13H2,(H,27,28)(H,29,30). The summed E-state index contributed by atoms with van der Waals surface area (Å²) in [4.78, 5) is 10.5. The van der Waals surface area contributed by atoms with Crippen LogP contribution in [0.25, 0.3) is 33.5 Å². The fourth-order valence-corrected chi connectivity index (χ4v) is 4.82. The highest BCUT2D eigenvalue weighted by molar-refractivity contribution is 6.31. The molecule has 0 spiro atoms. The molecule has 2 aromatic heterocycles. The van der Waals surface area contributed by atoms with Gasteiger partial charge in [-0.05, 0) is 54.8 Å². The van der Waals surface area contributed by atoms with Crippen molar-refractivity contribution in [3.8, 4) is 11.5 Å². The minimum Gasteiger partial charge on any atom is -0.385 e. The fraction of sp³-hybridized carbons (Fsp3) is 0.200. The van der Waals surface area contributed by atoms with E-state index in [0.717, 1.165) is 52.0 Å². The average Bonchev–Trinajstić information content (AvgIpc) is 3.43. The number of aliphatic hydroxyl groups is 1. The molecular weight excluding hydrogens is 422 g/mol. The van der Waals surface area contributed by atoms with Crippen molar-refractivity contribution < 1.29 is 5.11 Å². The number of H-pyrrole nitrogens is 2. The number of fused-ring (bicyclic) bond motifs is 2. The summed E-state index contributed by atoms with van der Waals surface area (Å²) in [5.74, 6) is 0.711. The summed E-state index contributed by atoms with van der Waals surface area (Å²) in [6, 6.07) is 21.9. The van der Waals surface area contributed by atoms with E-state index in [1.807, 2.05) is 54.6 Å². The molecule has 5 aromatic rings. The van der Waals surface area contributed by atoms with Gasteiger partial charge in [0.1, 0.15) is 5.69 Å². The van der Waals surface area contributed by atoms with Crippen LogP contribution in [-0.4, -0.2) is 38.4 Å². The molecule has 0 bridgehead atoms. The summed E-state index contributed by atoms with van der Waals surface area (Å²) in [6.45, 7) is 1.58. The van der Waals surface area contributed by atoms with Crippen molar-refractivity contribution in [2.45, 2.75) is 18.4 Å². The number of aromatic amines is 2. The molecule has 0 saturated carbocycles. The number of aromatic nitrogens is 4. The lowest BCUT2D eigenvalue weighted by atomic mass is 9.84. The summed E-state index contributed by atoms with van der Waals surface area (Å²) >= 11 is 6.18. The maximum Gasteiger partial charge on any atom is 0.159 e. The first-order valence-corrected chi connectivity index (χ1v) is 11.1. The maximum absolute atomic E-state index is 11.1. The van der Waals surface area contributed by atoms with Gasteiger partial charge in [-0.3, -0.25) is 5.10 Å². The predicted molar refractivity (Wildman–Crippen MR) is 128 cm³/mol. The number of hydrogen-bond acceptors (Lipinski definition) is 4. The normalized spacial score (nSPS) is 16.1. The molecule has 0 atom stereocenters. The topological polar surface area (TPSA) is 80.8 Å². The molecule has 6 rings (SSSR count). The molecule has 0 amide bonds. The van der Waals surface area contributed by atoms with E-state index in [0.29, 0.717) is 23.7 Å². The number of nitrogens with zero attached hydrogens (tertiary/aromatic N) is 3. The lowest BCUT2D eigenvalue weighted by molar-refractivity contribution is 0.0118. The van der Waals surface area contributed by atoms with Crippen molar-refractivity contribution in [3.05, 3.63) is 77.3 Å².